The summed E-state index contributed by atoms with van der Waals surface area (Å²) in [5.74, 6) is -1.18. The van der Waals surface area contributed by atoms with Crippen molar-refractivity contribution in [1.82, 2.24) is 4.98 Å². The molecule has 6 nitrogen and oxygen atoms in total. The van der Waals surface area contributed by atoms with E-state index in [0.29, 0.717) is 5.56 Å². The minimum atomic E-state index is -0.518. The van der Waals surface area contributed by atoms with Gasteiger partial charge in [-0.25, -0.2) is 4.39 Å². The minimum absolute atomic E-state index is 0.0436. The van der Waals surface area contributed by atoms with Crippen molar-refractivity contribution in [3.05, 3.63) is 89.0 Å². The highest BCUT2D eigenvalue weighted by atomic mass is 19.1. The number of ketones is 1. The van der Waals surface area contributed by atoms with Crippen LogP contribution in [0.3, 0.4) is 0 Å². The first-order chi connectivity index (χ1) is 15.0. The molecule has 0 aliphatic rings. The van der Waals surface area contributed by atoms with Gasteiger partial charge in [-0.3, -0.25) is 14.6 Å². The first-order valence-corrected chi connectivity index (χ1v) is 9.82. The smallest absolute Gasteiger partial charge is 0.310 e. The zero-order valence-corrected chi connectivity index (χ0v) is 16.9. The van der Waals surface area contributed by atoms with Crippen LogP contribution in [0.1, 0.15) is 27.0 Å². The lowest BCUT2D eigenvalue weighted by atomic mass is 9.93. The molecular weight excluding hydrogens is 399 g/mol. The molecule has 3 aromatic rings. The molecule has 3 N–H and O–H groups in total. The van der Waals surface area contributed by atoms with Gasteiger partial charge in [-0.05, 0) is 39.9 Å². The van der Waals surface area contributed by atoms with Crippen LogP contribution in [-0.4, -0.2) is 35.1 Å². The normalized spacial score (nSPS) is 10.7. The number of rotatable bonds is 9. The lowest BCUT2D eigenvalue weighted by Crippen LogP contribution is -2.11. The third-order valence-electron chi connectivity index (χ3n) is 4.80. The van der Waals surface area contributed by atoms with Crippen molar-refractivity contribution >= 4 is 11.8 Å². The maximum Gasteiger partial charge on any atom is 0.310 e. The van der Waals surface area contributed by atoms with Crippen LogP contribution < -0.4 is 5.73 Å². The van der Waals surface area contributed by atoms with E-state index < -0.39 is 11.8 Å². The highest BCUT2D eigenvalue weighted by Gasteiger charge is 2.14. The fourth-order valence-electron chi connectivity index (χ4n) is 3.25. The van der Waals surface area contributed by atoms with E-state index in [4.69, 9.17) is 15.6 Å². The molecule has 0 spiro atoms. The van der Waals surface area contributed by atoms with Gasteiger partial charge in [0.1, 0.15) is 12.4 Å². The zero-order valence-electron chi connectivity index (χ0n) is 16.9. The standard InChI is InChI=1S/C24H23FN2O4/c25-22-15-27-7-6-18(22)13-23(29)19-4-5-20(14-26)21(12-19)17-3-1-2-16(10-17)11-24(30)31-9-8-28/h1-7,10,12,15,28H,8-9,11,13-14,26H2. The number of esters is 1. The number of pyridine rings is 1. The number of nitrogens with zero attached hydrogens (tertiary/aromatic N) is 1. The van der Waals surface area contributed by atoms with Crippen LogP contribution in [0, 0.1) is 5.82 Å². The van der Waals surface area contributed by atoms with Gasteiger partial charge in [0.15, 0.2) is 5.78 Å². The van der Waals surface area contributed by atoms with Crippen LogP contribution >= 0.6 is 0 Å². The Kier molecular flexibility index (Phi) is 7.59. The number of aliphatic hydroxyl groups excluding tert-OH is 1. The predicted molar refractivity (Wildman–Crippen MR) is 114 cm³/mol. The number of ether oxygens (including phenoxy) is 1. The Morgan fingerprint density at radius 3 is 2.65 bits per heavy atom. The molecule has 0 unspecified atom stereocenters. The third-order valence-corrected chi connectivity index (χ3v) is 4.80. The van der Waals surface area contributed by atoms with Crippen LogP contribution in [0.25, 0.3) is 11.1 Å². The number of benzene rings is 2. The molecule has 0 saturated heterocycles. The molecule has 2 aromatic carbocycles. The SMILES string of the molecule is NCc1ccc(C(=O)Cc2ccncc2F)cc1-c1cccc(CC(=O)OCCO)c1. The Morgan fingerprint density at radius 1 is 1.06 bits per heavy atom. The molecule has 0 fully saturated rings. The van der Waals surface area contributed by atoms with Gasteiger partial charge < -0.3 is 15.6 Å². The summed E-state index contributed by atoms with van der Waals surface area (Å²) in [6.45, 7) is -0.000513. The summed E-state index contributed by atoms with van der Waals surface area (Å²) >= 11 is 0. The molecular formula is C24H23FN2O4. The van der Waals surface area contributed by atoms with Crippen LogP contribution in [0.4, 0.5) is 4.39 Å². The average molecular weight is 422 g/mol. The Balaban J connectivity index is 1.87. The van der Waals surface area contributed by atoms with Crippen molar-refractivity contribution in [1.29, 1.82) is 0 Å². The highest BCUT2D eigenvalue weighted by Crippen LogP contribution is 2.27. The maximum atomic E-state index is 13.9. The van der Waals surface area contributed by atoms with Crippen molar-refractivity contribution in [3.63, 3.8) is 0 Å². The molecule has 0 radical (unpaired) electrons. The summed E-state index contributed by atoms with van der Waals surface area (Å²) < 4.78 is 18.8. The van der Waals surface area contributed by atoms with Crippen molar-refractivity contribution in [3.8, 4) is 11.1 Å². The van der Waals surface area contributed by atoms with Crippen molar-refractivity contribution in [2.24, 2.45) is 5.73 Å². The lowest BCUT2D eigenvalue weighted by molar-refractivity contribution is -0.143. The number of carbonyl (C=O) groups is 2. The molecule has 0 atom stereocenters. The number of carbonyl (C=O) groups excluding carboxylic acids is 2. The Hall–Kier alpha value is -3.42. The van der Waals surface area contributed by atoms with E-state index in [1.165, 1.54) is 12.3 Å². The largest absolute Gasteiger partial charge is 0.463 e. The summed E-state index contributed by atoms with van der Waals surface area (Å²) in [6.07, 6.45) is 2.52. The zero-order chi connectivity index (χ0) is 22.2. The Bertz CT molecular complexity index is 1080. The molecule has 7 heteroatoms. The number of hydrogen-bond donors (Lipinski definition) is 2. The van der Waals surface area contributed by atoms with Crippen LogP contribution in [0.15, 0.2) is 60.9 Å². The molecule has 1 heterocycles. The molecule has 0 aliphatic heterocycles. The quantitative estimate of drug-likeness (QED) is 0.406. The monoisotopic (exact) mass is 422 g/mol. The van der Waals surface area contributed by atoms with Gasteiger partial charge in [0.2, 0.25) is 0 Å². The van der Waals surface area contributed by atoms with Crippen LogP contribution in [0.5, 0.6) is 0 Å². The van der Waals surface area contributed by atoms with E-state index in [9.17, 15) is 14.0 Å². The summed E-state index contributed by atoms with van der Waals surface area (Å²) in [5, 5.41) is 8.77. The maximum absolute atomic E-state index is 13.9. The molecule has 160 valence electrons. The number of Topliss-reactive ketones (excluding diaryl/α,β-unsaturated/α-hetero) is 1. The average Bonchev–Trinajstić information content (AvgIpc) is 2.79. The number of aliphatic hydroxyl groups is 1. The second-order valence-corrected chi connectivity index (χ2v) is 6.96. The predicted octanol–water partition coefficient (Wildman–Crippen LogP) is 2.85. The van der Waals surface area contributed by atoms with Crippen molar-refractivity contribution in [2.75, 3.05) is 13.2 Å². The highest BCUT2D eigenvalue weighted by molar-refractivity contribution is 5.98. The fraction of sp³-hybridized carbons (Fsp3) is 0.208. The van der Waals surface area contributed by atoms with Crippen LogP contribution in [-0.2, 0) is 28.9 Å². The second-order valence-electron chi connectivity index (χ2n) is 6.96. The number of hydrogen-bond acceptors (Lipinski definition) is 6. The van der Waals surface area contributed by atoms with E-state index in [1.54, 1.807) is 24.3 Å². The first-order valence-electron chi connectivity index (χ1n) is 9.82. The minimum Gasteiger partial charge on any atom is -0.463 e. The summed E-state index contributed by atoms with van der Waals surface area (Å²) in [4.78, 5) is 28.3. The molecule has 0 amide bonds. The Morgan fingerprint density at radius 2 is 1.90 bits per heavy atom. The van der Waals surface area contributed by atoms with E-state index in [1.807, 2.05) is 18.2 Å². The van der Waals surface area contributed by atoms with Gasteiger partial charge in [0, 0.05) is 24.7 Å². The van der Waals surface area contributed by atoms with Gasteiger partial charge in [-0.15, -0.1) is 0 Å². The summed E-state index contributed by atoms with van der Waals surface area (Å²) in [6, 6.07) is 14.0. The lowest BCUT2D eigenvalue weighted by Gasteiger charge is -2.12. The van der Waals surface area contributed by atoms with E-state index in [2.05, 4.69) is 4.98 Å². The summed E-state index contributed by atoms with van der Waals surface area (Å²) in [5.41, 5.74) is 9.77. The van der Waals surface area contributed by atoms with Gasteiger partial charge in [0.05, 0.1) is 19.2 Å². The molecule has 0 saturated carbocycles. The Labute approximate surface area is 179 Å². The van der Waals surface area contributed by atoms with Crippen molar-refractivity contribution in [2.45, 2.75) is 19.4 Å². The number of halogens is 1. The molecule has 0 bridgehead atoms. The third kappa shape index (κ3) is 5.81. The topological polar surface area (TPSA) is 103 Å². The molecule has 1 aromatic heterocycles. The van der Waals surface area contributed by atoms with Crippen LogP contribution in [0.2, 0.25) is 0 Å². The number of aromatic nitrogens is 1. The summed E-state index contributed by atoms with van der Waals surface area (Å²) in [7, 11) is 0. The fourth-order valence-corrected chi connectivity index (χ4v) is 3.25. The van der Waals surface area contributed by atoms with E-state index in [0.717, 1.165) is 28.5 Å². The molecule has 3 rings (SSSR count). The van der Waals surface area contributed by atoms with Gasteiger partial charge in [0.25, 0.3) is 0 Å². The molecule has 0 aliphatic carbocycles. The van der Waals surface area contributed by atoms with Crippen molar-refractivity contribution < 1.29 is 23.8 Å². The van der Waals surface area contributed by atoms with E-state index in [-0.39, 0.29) is 43.9 Å². The van der Waals surface area contributed by atoms with Gasteiger partial charge in [-0.1, -0.05) is 36.4 Å². The van der Waals surface area contributed by atoms with E-state index >= 15 is 0 Å². The number of nitrogens with two attached hydrogens (primary N) is 1. The molecule has 31 heavy (non-hydrogen) atoms. The second kappa shape index (κ2) is 10.6. The van der Waals surface area contributed by atoms with Gasteiger partial charge in [-0.2, -0.15) is 0 Å². The first kappa shape index (κ1) is 22.3. The van der Waals surface area contributed by atoms with Gasteiger partial charge >= 0.3 is 5.97 Å².